The third kappa shape index (κ3) is 9.61. The van der Waals surface area contributed by atoms with Gasteiger partial charge in [0.1, 0.15) is 18.1 Å². The molecule has 9 nitrogen and oxygen atoms in total. The van der Waals surface area contributed by atoms with Crippen LogP contribution in [0.5, 0.6) is 0 Å². The van der Waals surface area contributed by atoms with Crippen molar-refractivity contribution in [3.05, 3.63) is 35.9 Å². The maximum absolute atomic E-state index is 13.0. The van der Waals surface area contributed by atoms with Gasteiger partial charge in [0.05, 0.1) is 7.11 Å². The number of esters is 1. The third-order valence-corrected chi connectivity index (χ3v) is 4.62. The number of ether oxygens (including phenoxy) is 2. The average molecular weight is 436 g/mol. The van der Waals surface area contributed by atoms with E-state index in [9.17, 15) is 19.2 Å². The second kappa shape index (κ2) is 14.1. The van der Waals surface area contributed by atoms with Crippen LogP contribution < -0.4 is 16.0 Å². The molecule has 0 aliphatic heterocycles. The zero-order valence-corrected chi connectivity index (χ0v) is 18.6. The van der Waals surface area contributed by atoms with E-state index in [1.54, 1.807) is 0 Å². The lowest BCUT2D eigenvalue weighted by molar-refractivity contribution is -0.145. The number of hydrogen-bond acceptors (Lipinski definition) is 6. The number of amides is 3. The highest BCUT2D eigenvalue weighted by molar-refractivity contribution is 5.92. The molecule has 0 saturated carbocycles. The fraction of sp³-hybridized carbons (Fsp3) is 0.545. The second-order valence-electron chi connectivity index (χ2n) is 7.58. The number of hydrogen-bond donors (Lipinski definition) is 3. The van der Waals surface area contributed by atoms with Crippen molar-refractivity contribution < 1.29 is 28.7 Å². The molecule has 1 rings (SSSR count). The fourth-order valence-electron chi connectivity index (χ4n) is 3.04. The van der Waals surface area contributed by atoms with Gasteiger partial charge in [-0.25, -0.2) is 4.79 Å². The van der Waals surface area contributed by atoms with Crippen LogP contribution in [0.25, 0.3) is 0 Å². The van der Waals surface area contributed by atoms with Crippen LogP contribution in [0.15, 0.2) is 30.3 Å². The number of rotatable bonds is 14. The minimum Gasteiger partial charge on any atom is -0.467 e. The Labute approximate surface area is 183 Å². The van der Waals surface area contributed by atoms with Crippen LogP contribution in [-0.2, 0) is 35.1 Å². The minimum atomic E-state index is -0.899. The van der Waals surface area contributed by atoms with Gasteiger partial charge in [-0.3, -0.25) is 14.4 Å². The number of nitrogens with one attached hydrogen (secondary N) is 3. The monoisotopic (exact) mass is 435 g/mol. The van der Waals surface area contributed by atoms with Crippen molar-refractivity contribution in [1.82, 2.24) is 16.0 Å². The van der Waals surface area contributed by atoms with Crippen molar-refractivity contribution in [2.45, 2.75) is 51.2 Å². The summed E-state index contributed by atoms with van der Waals surface area (Å²) in [6.45, 7) is 4.10. The van der Waals surface area contributed by atoms with Gasteiger partial charge in [0.25, 0.3) is 0 Å². The average Bonchev–Trinajstić information content (AvgIpc) is 2.75. The molecule has 9 heteroatoms. The molecule has 0 radical (unpaired) electrons. The van der Waals surface area contributed by atoms with E-state index in [-0.39, 0.29) is 25.4 Å². The van der Waals surface area contributed by atoms with Crippen LogP contribution in [-0.4, -0.2) is 63.1 Å². The van der Waals surface area contributed by atoms with Gasteiger partial charge in [-0.1, -0.05) is 44.2 Å². The SMILES string of the molecule is COCC[C@H](NC=O)C(=O)N[C@@H](CC(C)C)C(=O)N[C@@H](Cc1ccccc1)C(=O)OC. The molecule has 0 aliphatic rings. The molecule has 3 amide bonds. The smallest absolute Gasteiger partial charge is 0.328 e. The van der Waals surface area contributed by atoms with E-state index in [1.807, 2.05) is 44.2 Å². The van der Waals surface area contributed by atoms with Gasteiger partial charge in [0, 0.05) is 20.1 Å². The molecule has 0 aliphatic carbocycles. The first-order chi connectivity index (χ1) is 14.8. The molecule has 3 N–H and O–H groups in total. The second-order valence-corrected chi connectivity index (χ2v) is 7.58. The Morgan fingerprint density at radius 3 is 2.13 bits per heavy atom. The maximum atomic E-state index is 13.0. The highest BCUT2D eigenvalue weighted by atomic mass is 16.5. The number of carbonyl (C=O) groups excluding carboxylic acids is 4. The first-order valence-electron chi connectivity index (χ1n) is 10.2. The first kappa shape index (κ1) is 26.1. The molecule has 31 heavy (non-hydrogen) atoms. The zero-order chi connectivity index (χ0) is 23.2. The molecule has 3 atom stereocenters. The summed E-state index contributed by atoms with van der Waals surface area (Å²) in [7, 11) is 2.75. The quantitative estimate of drug-likeness (QED) is 0.290. The van der Waals surface area contributed by atoms with Crippen LogP contribution in [0.3, 0.4) is 0 Å². The van der Waals surface area contributed by atoms with E-state index in [4.69, 9.17) is 9.47 Å². The van der Waals surface area contributed by atoms with E-state index < -0.39 is 35.9 Å². The maximum Gasteiger partial charge on any atom is 0.328 e. The van der Waals surface area contributed by atoms with Gasteiger partial charge in [0.2, 0.25) is 18.2 Å². The molecule has 0 bridgehead atoms. The van der Waals surface area contributed by atoms with Gasteiger partial charge in [-0.2, -0.15) is 0 Å². The fourth-order valence-corrected chi connectivity index (χ4v) is 3.04. The Kier molecular flexibility index (Phi) is 11.9. The van der Waals surface area contributed by atoms with Crippen LogP contribution in [0.1, 0.15) is 32.3 Å². The largest absolute Gasteiger partial charge is 0.467 e. The zero-order valence-electron chi connectivity index (χ0n) is 18.6. The Morgan fingerprint density at radius 2 is 1.58 bits per heavy atom. The molecule has 0 aromatic heterocycles. The first-order valence-corrected chi connectivity index (χ1v) is 10.2. The van der Waals surface area contributed by atoms with Crippen LogP contribution >= 0.6 is 0 Å². The standard InChI is InChI=1S/C22H33N3O6/c1-15(2)12-18(24-20(27)17(23-14-26)10-11-30-3)21(28)25-19(22(29)31-4)13-16-8-6-5-7-9-16/h5-9,14-15,17-19H,10-13H2,1-4H3,(H,23,26)(H,24,27)(H,25,28)/t17-,18-,19-/m0/s1. The Hall–Kier alpha value is -2.94. The summed E-state index contributed by atoms with van der Waals surface area (Å²) in [5.41, 5.74) is 0.859. The molecule has 1 aromatic carbocycles. The highest BCUT2D eigenvalue weighted by Gasteiger charge is 2.29. The molecule has 0 spiro atoms. The Morgan fingerprint density at radius 1 is 0.968 bits per heavy atom. The lowest BCUT2D eigenvalue weighted by atomic mass is 10.0. The number of methoxy groups -OCH3 is 2. The summed E-state index contributed by atoms with van der Waals surface area (Å²) in [4.78, 5) is 48.7. The van der Waals surface area contributed by atoms with Crippen LogP contribution in [0.2, 0.25) is 0 Å². The van der Waals surface area contributed by atoms with Gasteiger partial charge < -0.3 is 25.4 Å². The summed E-state index contributed by atoms with van der Waals surface area (Å²) in [6.07, 6.45) is 1.31. The molecular weight excluding hydrogens is 402 g/mol. The summed E-state index contributed by atoms with van der Waals surface area (Å²) >= 11 is 0. The van der Waals surface area contributed by atoms with E-state index in [2.05, 4.69) is 16.0 Å². The third-order valence-electron chi connectivity index (χ3n) is 4.62. The molecular formula is C22H33N3O6. The van der Waals surface area contributed by atoms with Crippen molar-refractivity contribution in [1.29, 1.82) is 0 Å². The molecule has 0 fully saturated rings. The van der Waals surface area contributed by atoms with E-state index in [1.165, 1.54) is 14.2 Å². The van der Waals surface area contributed by atoms with Crippen molar-refractivity contribution in [3.63, 3.8) is 0 Å². The molecule has 0 heterocycles. The molecule has 0 saturated heterocycles. The van der Waals surface area contributed by atoms with Crippen molar-refractivity contribution in [2.75, 3.05) is 20.8 Å². The van der Waals surface area contributed by atoms with Gasteiger partial charge in [-0.15, -0.1) is 0 Å². The molecule has 0 unspecified atom stereocenters. The van der Waals surface area contributed by atoms with Crippen LogP contribution in [0.4, 0.5) is 0 Å². The van der Waals surface area contributed by atoms with Gasteiger partial charge >= 0.3 is 5.97 Å². The normalized spacial score (nSPS) is 13.6. The van der Waals surface area contributed by atoms with E-state index in [0.29, 0.717) is 12.8 Å². The Balaban J connectivity index is 2.93. The van der Waals surface area contributed by atoms with Crippen molar-refractivity contribution >= 4 is 24.2 Å². The predicted molar refractivity (Wildman–Crippen MR) is 115 cm³/mol. The van der Waals surface area contributed by atoms with E-state index >= 15 is 0 Å². The van der Waals surface area contributed by atoms with Gasteiger partial charge in [0.15, 0.2) is 0 Å². The van der Waals surface area contributed by atoms with Crippen molar-refractivity contribution in [3.8, 4) is 0 Å². The molecule has 172 valence electrons. The Bertz CT molecular complexity index is 710. The minimum absolute atomic E-state index is 0.0956. The molecule has 1 aromatic rings. The number of benzene rings is 1. The highest BCUT2D eigenvalue weighted by Crippen LogP contribution is 2.09. The lowest BCUT2D eigenvalue weighted by Gasteiger charge is -2.25. The summed E-state index contributed by atoms with van der Waals surface area (Å²) in [5.74, 6) is -1.47. The summed E-state index contributed by atoms with van der Waals surface area (Å²) in [5, 5.41) is 7.82. The van der Waals surface area contributed by atoms with Gasteiger partial charge in [-0.05, 0) is 24.3 Å². The van der Waals surface area contributed by atoms with Crippen molar-refractivity contribution in [2.24, 2.45) is 5.92 Å². The lowest BCUT2D eigenvalue weighted by Crippen LogP contribution is -2.56. The van der Waals surface area contributed by atoms with E-state index in [0.717, 1.165) is 5.56 Å². The topological polar surface area (TPSA) is 123 Å². The van der Waals surface area contributed by atoms with Crippen LogP contribution in [0, 0.1) is 5.92 Å². The predicted octanol–water partition coefficient (Wildman–Crippen LogP) is 0.569. The summed E-state index contributed by atoms with van der Waals surface area (Å²) < 4.78 is 9.81. The summed E-state index contributed by atoms with van der Waals surface area (Å²) in [6, 6.07) is 6.62. The number of carbonyl (C=O) groups is 4.